The van der Waals surface area contributed by atoms with Crippen molar-refractivity contribution in [3.63, 3.8) is 0 Å². The summed E-state index contributed by atoms with van der Waals surface area (Å²) in [5.41, 5.74) is -0.272. The Hall–Kier alpha value is -1.45. The molecule has 1 aromatic carbocycles. The van der Waals surface area contributed by atoms with Crippen LogP contribution in [0.4, 0.5) is 8.78 Å². The second-order valence-corrected chi connectivity index (χ2v) is 4.40. The van der Waals surface area contributed by atoms with Gasteiger partial charge < -0.3 is 5.11 Å². The number of halogens is 2. The van der Waals surface area contributed by atoms with E-state index in [2.05, 4.69) is 0 Å². The van der Waals surface area contributed by atoms with Crippen molar-refractivity contribution in [1.82, 2.24) is 0 Å². The van der Waals surface area contributed by atoms with E-state index >= 15 is 0 Å². The zero-order valence-electron chi connectivity index (χ0n) is 9.26. The maximum absolute atomic E-state index is 13.5. The minimum Gasteiger partial charge on any atom is -0.481 e. The van der Waals surface area contributed by atoms with Gasteiger partial charge in [0.05, 0.1) is 0 Å². The molecule has 0 saturated heterocycles. The molecular formula is C12H14F2O2. The van der Waals surface area contributed by atoms with Crippen LogP contribution >= 0.6 is 0 Å². The fourth-order valence-electron chi connectivity index (χ4n) is 1.59. The minimum absolute atomic E-state index is 0.0379. The van der Waals surface area contributed by atoms with Crippen LogP contribution < -0.4 is 0 Å². The predicted molar refractivity (Wildman–Crippen MR) is 56.3 cm³/mol. The molecule has 1 aromatic rings. The minimum atomic E-state index is -0.921. The highest BCUT2D eigenvalue weighted by Crippen LogP contribution is 2.30. The first-order valence-corrected chi connectivity index (χ1v) is 5.00. The molecule has 0 radical (unpaired) electrons. The molecule has 1 rings (SSSR count). The number of hydrogen-bond acceptors (Lipinski definition) is 1. The summed E-state index contributed by atoms with van der Waals surface area (Å²) in [6.45, 7) is 3.48. The van der Waals surface area contributed by atoms with E-state index in [0.717, 1.165) is 6.07 Å². The van der Waals surface area contributed by atoms with Crippen molar-refractivity contribution in [2.45, 2.75) is 32.1 Å². The van der Waals surface area contributed by atoms with Crippen LogP contribution in [-0.4, -0.2) is 11.1 Å². The zero-order chi connectivity index (χ0) is 12.3. The van der Waals surface area contributed by atoms with Crippen LogP contribution in [0.1, 0.15) is 32.3 Å². The van der Waals surface area contributed by atoms with Crippen molar-refractivity contribution in [2.75, 3.05) is 0 Å². The quantitative estimate of drug-likeness (QED) is 0.859. The van der Waals surface area contributed by atoms with Crippen LogP contribution in [0.25, 0.3) is 0 Å². The van der Waals surface area contributed by atoms with Crippen molar-refractivity contribution in [3.05, 3.63) is 35.4 Å². The molecule has 0 spiro atoms. The monoisotopic (exact) mass is 228 g/mol. The van der Waals surface area contributed by atoms with Gasteiger partial charge >= 0.3 is 5.97 Å². The van der Waals surface area contributed by atoms with Gasteiger partial charge in [-0.05, 0) is 23.5 Å². The van der Waals surface area contributed by atoms with Crippen LogP contribution in [0.15, 0.2) is 18.2 Å². The molecule has 0 aromatic heterocycles. The molecule has 0 aliphatic carbocycles. The van der Waals surface area contributed by atoms with E-state index < -0.39 is 23.0 Å². The van der Waals surface area contributed by atoms with E-state index in [1.807, 2.05) is 0 Å². The molecule has 0 unspecified atom stereocenters. The number of aliphatic carboxylic acids is 1. The van der Waals surface area contributed by atoms with E-state index in [1.54, 1.807) is 13.8 Å². The van der Waals surface area contributed by atoms with Gasteiger partial charge in [-0.1, -0.05) is 19.9 Å². The Morgan fingerprint density at radius 2 is 2.00 bits per heavy atom. The van der Waals surface area contributed by atoms with E-state index in [9.17, 15) is 13.6 Å². The fourth-order valence-corrected chi connectivity index (χ4v) is 1.59. The molecule has 0 bridgehead atoms. The average Bonchev–Trinajstić information content (AvgIpc) is 2.14. The molecule has 16 heavy (non-hydrogen) atoms. The predicted octanol–water partition coefficient (Wildman–Crippen LogP) is 3.11. The summed E-state index contributed by atoms with van der Waals surface area (Å²) in [5, 5.41) is 8.58. The lowest BCUT2D eigenvalue weighted by Crippen LogP contribution is -2.20. The second kappa shape index (κ2) is 4.60. The first kappa shape index (κ1) is 12.6. The Bertz CT molecular complexity index is 400. The molecule has 0 amide bonds. The summed E-state index contributed by atoms with van der Waals surface area (Å²) < 4.78 is 26.2. The van der Waals surface area contributed by atoms with Gasteiger partial charge in [0.1, 0.15) is 11.6 Å². The largest absolute Gasteiger partial charge is 0.481 e. The molecule has 0 saturated carbocycles. The van der Waals surface area contributed by atoms with Crippen molar-refractivity contribution < 1.29 is 18.7 Å². The average molecular weight is 228 g/mol. The lowest BCUT2D eigenvalue weighted by atomic mass is 9.80. The Morgan fingerprint density at radius 1 is 1.38 bits per heavy atom. The number of benzene rings is 1. The van der Waals surface area contributed by atoms with Gasteiger partial charge in [-0.2, -0.15) is 0 Å². The van der Waals surface area contributed by atoms with Crippen molar-refractivity contribution in [2.24, 2.45) is 0 Å². The highest BCUT2D eigenvalue weighted by atomic mass is 19.1. The number of carboxylic acid groups (broad SMARTS) is 1. The van der Waals surface area contributed by atoms with Gasteiger partial charge in [-0.15, -0.1) is 0 Å². The number of rotatable bonds is 4. The molecule has 0 aliphatic heterocycles. The second-order valence-electron chi connectivity index (χ2n) is 4.40. The summed E-state index contributed by atoms with van der Waals surface area (Å²) in [6, 6.07) is 3.37. The standard InChI is InChI=1S/C12H14F2O2/c1-12(2,6-5-11(15)16)9-4-3-8(13)7-10(9)14/h3-4,7H,5-6H2,1-2H3,(H,15,16). The first-order chi connectivity index (χ1) is 7.33. The summed E-state index contributed by atoms with van der Waals surface area (Å²) in [6.07, 6.45) is 0.273. The zero-order valence-corrected chi connectivity index (χ0v) is 9.26. The molecule has 0 aliphatic rings. The Labute approximate surface area is 92.9 Å². The third-order valence-electron chi connectivity index (χ3n) is 2.62. The number of carboxylic acids is 1. The van der Waals surface area contributed by atoms with Crippen LogP contribution in [0.5, 0.6) is 0 Å². The molecular weight excluding hydrogens is 214 g/mol. The van der Waals surface area contributed by atoms with E-state index in [0.29, 0.717) is 12.0 Å². The molecule has 2 nitrogen and oxygen atoms in total. The highest BCUT2D eigenvalue weighted by molar-refractivity contribution is 5.66. The first-order valence-electron chi connectivity index (χ1n) is 5.00. The number of carbonyl (C=O) groups is 1. The van der Waals surface area contributed by atoms with E-state index in [-0.39, 0.29) is 6.42 Å². The summed E-state index contributed by atoms with van der Waals surface area (Å²) >= 11 is 0. The van der Waals surface area contributed by atoms with Crippen LogP contribution in [-0.2, 0) is 10.2 Å². The van der Waals surface area contributed by atoms with Gasteiger partial charge in [0, 0.05) is 12.5 Å². The third-order valence-corrected chi connectivity index (χ3v) is 2.62. The van der Waals surface area contributed by atoms with Gasteiger partial charge in [-0.25, -0.2) is 8.78 Å². The maximum Gasteiger partial charge on any atom is 0.303 e. The summed E-state index contributed by atoms with van der Waals surface area (Å²) in [4.78, 5) is 10.5. The van der Waals surface area contributed by atoms with Crippen molar-refractivity contribution in [1.29, 1.82) is 0 Å². The SMILES string of the molecule is CC(C)(CCC(=O)O)c1ccc(F)cc1F. The fraction of sp³-hybridized carbons (Fsp3) is 0.417. The topological polar surface area (TPSA) is 37.3 Å². The van der Waals surface area contributed by atoms with E-state index in [4.69, 9.17) is 5.11 Å². The molecule has 0 fully saturated rings. The molecule has 4 heteroatoms. The smallest absolute Gasteiger partial charge is 0.303 e. The van der Waals surface area contributed by atoms with Crippen molar-refractivity contribution >= 4 is 5.97 Å². The van der Waals surface area contributed by atoms with E-state index in [1.165, 1.54) is 12.1 Å². The lowest BCUT2D eigenvalue weighted by Gasteiger charge is -2.25. The Morgan fingerprint density at radius 3 is 2.50 bits per heavy atom. The van der Waals surface area contributed by atoms with Crippen molar-refractivity contribution in [3.8, 4) is 0 Å². The molecule has 0 heterocycles. The Kier molecular flexibility index (Phi) is 3.62. The Balaban J connectivity index is 2.92. The normalized spacial score (nSPS) is 11.5. The van der Waals surface area contributed by atoms with Gasteiger partial charge in [0.2, 0.25) is 0 Å². The van der Waals surface area contributed by atoms with Gasteiger partial charge in [0.25, 0.3) is 0 Å². The lowest BCUT2D eigenvalue weighted by molar-refractivity contribution is -0.137. The summed E-state index contributed by atoms with van der Waals surface area (Å²) in [7, 11) is 0. The third kappa shape index (κ3) is 3.02. The van der Waals surface area contributed by atoms with Crippen LogP contribution in [0.3, 0.4) is 0 Å². The molecule has 88 valence electrons. The van der Waals surface area contributed by atoms with Crippen LogP contribution in [0, 0.1) is 11.6 Å². The molecule has 1 N–H and O–H groups in total. The summed E-state index contributed by atoms with van der Waals surface area (Å²) in [5.74, 6) is -2.18. The van der Waals surface area contributed by atoms with Gasteiger partial charge in [0.15, 0.2) is 0 Å². The van der Waals surface area contributed by atoms with Crippen LogP contribution in [0.2, 0.25) is 0 Å². The molecule has 0 atom stereocenters. The highest BCUT2D eigenvalue weighted by Gasteiger charge is 2.25. The number of hydrogen-bond donors (Lipinski definition) is 1. The van der Waals surface area contributed by atoms with Gasteiger partial charge in [-0.3, -0.25) is 4.79 Å². The maximum atomic E-state index is 13.5.